The van der Waals surface area contributed by atoms with E-state index in [0.29, 0.717) is 5.56 Å². The van der Waals surface area contributed by atoms with Crippen LogP contribution >= 0.6 is 0 Å². The van der Waals surface area contributed by atoms with E-state index in [-0.39, 0.29) is 12.4 Å². The van der Waals surface area contributed by atoms with Gasteiger partial charge in [-0.1, -0.05) is 54.6 Å². The van der Waals surface area contributed by atoms with Gasteiger partial charge in [-0.25, -0.2) is 4.79 Å². The summed E-state index contributed by atoms with van der Waals surface area (Å²) >= 11 is 0. The number of amides is 1. The molecule has 0 aromatic heterocycles. The Morgan fingerprint density at radius 3 is 2.03 bits per heavy atom. The molecule has 2 aromatic rings. The van der Waals surface area contributed by atoms with Crippen molar-refractivity contribution in [1.29, 1.82) is 0 Å². The molecule has 0 fully saturated rings. The summed E-state index contributed by atoms with van der Waals surface area (Å²) in [5.74, 6) is 0.0232. The maximum Gasteiger partial charge on any atom is 0.408 e. The lowest BCUT2D eigenvalue weighted by molar-refractivity contribution is -0.0983. The molecule has 0 saturated carbocycles. The van der Waals surface area contributed by atoms with Gasteiger partial charge >= 0.3 is 6.09 Å². The van der Waals surface area contributed by atoms with E-state index in [0.717, 1.165) is 22.3 Å². The van der Waals surface area contributed by atoms with Gasteiger partial charge in [0.25, 0.3) is 0 Å². The average molecular weight is 452 g/mol. The molecule has 0 aliphatic heterocycles. The molecule has 5 heteroatoms. The van der Waals surface area contributed by atoms with Crippen molar-refractivity contribution < 1.29 is 19.1 Å². The number of Topliss-reactive ketones (excluding diaryl/α,β-unsaturated/α-hetero) is 1. The molecule has 0 atom stereocenters. The minimum absolute atomic E-state index is 0.0232. The SMILES string of the molecule is C=C(C)c1cccc(C(C)(C)NC(=O)OC(C)(C)COC(C)(C)c2ccc(C(C)=O)cc2)c1. The highest BCUT2D eigenvalue weighted by atomic mass is 16.6. The molecule has 2 aromatic carbocycles. The van der Waals surface area contributed by atoms with E-state index in [1.807, 2.05) is 84.9 Å². The van der Waals surface area contributed by atoms with Crippen LogP contribution in [0.3, 0.4) is 0 Å². The zero-order chi connectivity index (χ0) is 25.0. The topological polar surface area (TPSA) is 64.6 Å². The van der Waals surface area contributed by atoms with Crippen molar-refractivity contribution in [3.63, 3.8) is 0 Å². The summed E-state index contributed by atoms with van der Waals surface area (Å²) in [6, 6.07) is 15.3. The van der Waals surface area contributed by atoms with Gasteiger partial charge in [0.05, 0.1) is 17.7 Å². The van der Waals surface area contributed by atoms with Gasteiger partial charge in [-0.3, -0.25) is 4.79 Å². The third kappa shape index (κ3) is 7.29. The van der Waals surface area contributed by atoms with Crippen molar-refractivity contribution >= 4 is 17.4 Å². The fourth-order valence-corrected chi connectivity index (χ4v) is 3.35. The molecule has 178 valence electrons. The summed E-state index contributed by atoms with van der Waals surface area (Å²) in [6.07, 6.45) is -0.516. The van der Waals surface area contributed by atoms with Crippen LogP contribution in [0.25, 0.3) is 5.57 Å². The van der Waals surface area contributed by atoms with Crippen molar-refractivity contribution in [3.8, 4) is 0 Å². The van der Waals surface area contributed by atoms with Crippen molar-refractivity contribution in [2.24, 2.45) is 0 Å². The fourth-order valence-electron chi connectivity index (χ4n) is 3.35. The minimum atomic E-state index is -0.851. The van der Waals surface area contributed by atoms with Gasteiger partial charge in [-0.05, 0) is 78.1 Å². The number of carbonyl (C=O) groups is 2. The van der Waals surface area contributed by atoms with Crippen LogP contribution in [0.5, 0.6) is 0 Å². The molecule has 0 heterocycles. The highest BCUT2D eigenvalue weighted by molar-refractivity contribution is 5.94. The van der Waals surface area contributed by atoms with Gasteiger partial charge < -0.3 is 14.8 Å². The summed E-state index contributed by atoms with van der Waals surface area (Å²) in [5, 5.41) is 2.96. The molecule has 0 bridgehead atoms. The van der Waals surface area contributed by atoms with E-state index in [4.69, 9.17) is 9.47 Å². The molecule has 0 aliphatic carbocycles. The lowest BCUT2D eigenvalue weighted by atomic mass is 9.92. The summed E-state index contributed by atoms with van der Waals surface area (Å²) in [7, 11) is 0. The summed E-state index contributed by atoms with van der Waals surface area (Å²) in [5.41, 5.74) is 2.46. The molecular formula is C28H37NO4. The van der Waals surface area contributed by atoms with E-state index >= 15 is 0 Å². The van der Waals surface area contributed by atoms with E-state index in [9.17, 15) is 9.59 Å². The molecular weight excluding hydrogens is 414 g/mol. The first-order valence-corrected chi connectivity index (χ1v) is 11.2. The Hall–Kier alpha value is -2.92. The number of allylic oxidation sites excluding steroid dienone is 1. The molecule has 33 heavy (non-hydrogen) atoms. The zero-order valence-electron chi connectivity index (χ0n) is 21.2. The molecule has 0 saturated heterocycles. The molecule has 1 amide bonds. The quantitative estimate of drug-likeness (QED) is 0.436. The predicted octanol–water partition coefficient (Wildman–Crippen LogP) is 6.61. The Bertz CT molecular complexity index is 1020. The zero-order valence-corrected chi connectivity index (χ0v) is 21.2. The van der Waals surface area contributed by atoms with Crippen LogP contribution in [-0.2, 0) is 20.6 Å². The van der Waals surface area contributed by atoms with Crippen molar-refractivity contribution in [3.05, 3.63) is 77.4 Å². The van der Waals surface area contributed by atoms with Gasteiger partial charge in [0, 0.05) is 5.56 Å². The highest BCUT2D eigenvalue weighted by Crippen LogP contribution is 2.28. The summed E-state index contributed by atoms with van der Waals surface area (Å²) in [6.45, 7) is 19.1. The molecule has 0 aliphatic rings. The van der Waals surface area contributed by atoms with E-state index < -0.39 is 22.8 Å². The Morgan fingerprint density at radius 1 is 0.879 bits per heavy atom. The largest absolute Gasteiger partial charge is 0.441 e. The monoisotopic (exact) mass is 451 g/mol. The van der Waals surface area contributed by atoms with E-state index in [1.54, 1.807) is 19.1 Å². The van der Waals surface area contributed by atoms with Crippen LogP contribution < -0.4 is 5.32 Å². The fraction of sp³-hybridized carbons (Fsp3) is 0.429. The lowest BCUT2D eigenvalue weighted by Gasteiger charge is -2.34. The highest BCUT2D eigenvalue weighted by Gasteiger charge is 2.31. The van der Waals surface area contributed by atoms with Crippen LogP contribution in [0.4, 0.5) is 4.79 Å². The number of nitrogens with one attached hydrogen (secondary N) is 1. The maximum absolute atomic E-state index is 12.7. The van der Waals surface area contributed by atoms with E-state index in [1.165, 1.54) is 0 Å². The molecule has 0 radical (unpaired) electrons. The average Bonchev–Trinajstić information content (AvgIpc) is 2.72. The first-order valence-electron chi connectivity index (χ1n) is 11.2. The first kappa shape index (κ1) is 26.3. The lowest BCUT2D eigenvalue weighted by Crippen LogP contribution is -2.46. The van der Waals surface area contributed by atoms with Crippen LogP contribution in [0.15, 0.2) is 55.1 Å². The second kappa shape index (κ2) is 9.92. The third-order valence-electron chi connectivity index (χ3n) is 5.63. The van der Waals surface area contributed by atoms with Gasteiger partial charge in [0.1, 0.15) is 5.60 Å². The number of ether oxygens (including phenoxy) is 2. The summed E-state index contributed by atoms with van der Waals surface area (Å²) in [4.78, 5) is 24.2. The number of benzene rings is 2. The number of hydrogen-bond acceptors (Lipinski definition) is 4. The molecule has 5 nitrogen and oxygen atoms in total. The molecule has 0 unspecified atom stereocenters. The Morgan fingerprint density at radius 2 is 1.48 bits per heavy atom. The van der Waals surface area contributed by atoms with Crippen LogP contribution in [0.1, 0.15) is 82.4 Å². The van der Waals surface area contributed by atoms with Crippen molar-refractivity contribution in [2.45, 2.75) is 72.1 Å². The van der Waals surface area contributed by atoms with Gasteiger partial charge in [-0.2, -0.15) is 0 Å². The standard InChI is InChI=1S/C28H37NO4/c1-19(2)22-11-10-12-24(17-22)27(6,7)29-25(31)33-26(4,5)18-32-28(8,9)23-15-13-21(14-16-23)20(3)30/h10-17H,1,18H2,2-9H3,(H,29,31). The van der Waals surface area contributed by atoms with Crippen LogP contribution in [0, 0.1) is 0 Å². The van der Waals surface area contributed by atoms with Crippen LogP contribution in [-0.4, -0.2) is 24.1 Å². The maximum atomic E-state index is 12.7. The van der Waals surface area contributed by atoms with Crippen molar-refractivity contribution in [2.75, 3.05) is 6.61 Å². The van der Waals surface area contributed by atoms with Gasteiger partial charge in [-0.15, -0.1) is 0 Å². The minimum Gasteiger partial charge on any atom is -0.441 e. The van der Waals surface area contributed by atoms with Gasteiger partial charge in [0.15, 0.2) is 5.78 Å². The third-order valence-corrected chi connectivity index (χ3v) is 5.63. The number of alkyl carbamates (subject to hydrolysis) is 1. The number of carbonyl (C=O) groups excluding carboxylic acids is 2. The number of ketones is 1. The second-order valence-electron chi connectivity index (χ2n) is 10.2. The molecule has 2 rings (SSSR count). The smallest absolute Gasteiger partial charge is 0.408 e. The Kier molecular flexibility index (Phi) is 7.91. The normalized spacial score (nSPS) is 12.2. The Balaban J connectivity index is 2.01. The van der Waals surface area contributed by atoms with E-state index in [2.05, 4.69) is 11.9 Å². The summed E-state index contributed by atoms with van der Waals surface area (Å²) < 4.78 is 11.9. The number of rotatable bonds is 9. The number of hydrogen-bond donors (Lipinski definition) is 1. The van der Waals surface area contributed by atoms with Crippen molar-refractivity contribution in [1.82, 2.24) is 5.32 Å². The predicted molar refractivity (Wildman–Crippen MR) is 133 cm³/mol. The molecule has 1 N–H and O–H groups in total. The molecule has 0 spiro atoms. The second-order valence-corrected chi connectivity index (χ2v) is 10.2. The van der Waals surface area contributed by atoms with Crippen LogP contribution in [0.2, 0.25) is 0 Å². The first-order chi connectivity index (χ1) is 15.1. The van der Waals surface area contributed by atoms with Gasteiger partial charge in [0.2, 0.25) is 0 Å². The Labute approximate surface area is 198 Å².